The summed E-state index contributed by atoms with van der Waals surface area (Å²) in [4.78, 5) is 12.4. The molecule has 1 saturated carbocycles. The van der Waals surface area contributed by atoms with Crippen LogP contribution in [0, 0.1) is 0 Å². The van der Waals surface area contributed by atoms with Crippen LogP contribution in [0.1, 0.15) is 37.4 Å². The van der Waals surface area contributed by atoms with E-state index in [4.69, 9.17) is 9.47 Å². The zero-order valence-corrected chi connectivity index (χ0v) is 12.2. The summed E-state index contributed by atoms with van der Waals surface area (Å²) in [7, 11) is 3.27. The number of methoxy groups -OCH3 is 2. The Morgan fingerprint density at radius 1 is 1.20 bits per heavy atom. The van der Waals surface area contributed by atoms with Crippen LogP contribution in [-0.4, -0.2) is 32.3 Å². The second-order valence-electron chi connectivity index (χ2n) is 5.20. The van der Waals surface area contributed by atoms with Gasteiger partial charge in [-0.1, -0.05) is 43.2 Å². The van der Waals surface area contributed by atoms with Gasteiger partial charge in [-0.05, 0) is 18.4 Å². The van der Waals surface area contributed by atoms with Crippen molar-refractivity contribution in [3.8, 4) is 0 Å². The molecule has 0 heterocycles. The number of nitrogens with one attached hydrogen (secondary N) is 1. The van der Waals surface area contributed by atoms with Crippen molar-refractivity contribution < 1.29 is 14.3 Å². The minimum absolute atomic E-state index is 0.0858. The van der Waals surface area contributed by atoms with Gasteiger partial charge < -0.3 is 14.8 Å². The van der Waals surface area contributed by atoms with E-state index in [0.717, 1.165) is 31.2 Å². The monoisotopic (exact) mass is 277 g/mol. The summed E-state index contributed by atoms with van der Waals surface area (Å²) >= 11 is 0. The van der Waals surface area contributed by atoms with Crippen LogP contribution in [-0.2, 0) is 14.3 Å². The van der Waals surface area contributed by atoms with Gasteiger partial charge in [-0.25, -0.2) is 0 Å². The van der Waals surface area contributed by atoms with Gasteiger partial charge in [-0.2, -0.15) is 0 Å². The number of carbonyl (C=O) groups excluding carboxylic acids is 1. The predicted molar refractivity (Wildman–Crippen MR) is 77.4 cm³/mol. The van der Waals surface area contributed by atoms with Crippen LogP contribution in [0.25, 0.3) is 0 Å². The van der Waals surface area contributed by atoms with Crippen LogP contribution in [0.4, 0.5) is 0 Å². The number of hydrogen-bond acceptors (Lipinski definition) is 3. The number of benzene rings is 1. The fourth-order valence-electron chi connectivity index (χ4n) is 2.82. The van der Waals surface area contributed by atoms with E-state index in [9.17, 15) is 4.79 Å². The van der Waals surface area contributed by atoms with Gasteiger partial charge in [-0.3, -0.25) is 4.79 Å². The summed E-state index contributed by atoms with van der Waals surface area (Å²) in [6.45, 7) is 0. The highest BCUT2D eigenvalue weighted by molar-refractivity contribution is 5.82. The summed E-state index contributed by atoms with van der Waals surface area (Å²) in [6.07, 6.45) is 3.82. The Balaban J connectivity index is 2.02. The van der Waals surface area contributed by atoms with Gasteiger partial charge in [0.15, 0.2) is 6.10 Å². The first-order chi connectivity index (χ1) is 9.76. The molecule has 1 aliphatic carbocycles. The third kappa shape index (κ3) is 3.58. The minimum Gasteiger partial charge on any atom is -0.379 e. The molecule has 0 radical (unpaired) electrons. The van der Waals surface area contributed by atoms with E-state index in [-0.39, 0.29) is 18.1 Å². The fourth-order valence-corrected chi connectivity index (χ4v) is 2.82. The first-order valence-electron chi connectivity index (χ1n) is 7.17. The molecule has 1 aromatic rings. The molecule has 1 aliphatic rings. The molecule has 1 N–H and O–H groups in total. The Labute approximate surface area is 120 Å². The molecule has 0 spiro atoms. The van der Waals surface area contributed by atoms with E-state index >= 15 is 0 Å². The molecule has 4 nitrogen and oxygen atoms in total. The lowest BCUT2D eigenvalue weighted by molar-refractivity contribution is -0.133. The van der Waals surface area contributed by atoms with Crippen molar-refractivity contribution in [2.45, 2.75) is 43.9 Å². The molecular formula is C16H23NO3. The third-order valence-corrected chi connectivity index (χ3v) is 3.91. The van der Waals surface area contributed by atoms with Gasteiger partial charge in [0, 0.05) is 14.2 Å². The van der Waals surface area contributed by atoms with Gasteiger partial charge in [0.2, 0.25) is 0 Å². The molecule has 2 rings (SSSR count). The minimum atomic E-state index is -0.560. The molecule has 3 atom stereocenters. The first-order valence-corrected chi connectivity index (χ1v) is 7.17. The summed E-state index contributed by atoms with van der Waals surface area (Å²) in [5.41, 5.74) is 0.872. The number of carbonyl (C=O) groups is 1. The second-order valence-corrected chi connectivity index (χ2v) is 5.20. The maximum atomic E-state index is 12.4. The summed E-state index contributed by atoms with van der Waals surface area (Å²) < 4.78 is 10.8. The van der Waals surface area contributed by atoms with Gasteiger partial charge in [0.1, 0.15) is 0 Å². The smallest absolute Gasteiger partial charge is 0.254 e. The maximum absolute atomic E-state index is 12.4. The molecule has 0 unspecified atom stereocenters. The molecule has 1 amide bonds. The van der Waals surface area contributed by atoms with E-state index < -0.39 is 6.10 Å². The lowest BCUT2D eigenvalue weighted by atomic mass is 9.92. The SMILES string of the molecule is CO[C@H](C(=O)N[C@H]1CCCC[C@H]1OC)c1ccccc1. The quantitative estimate of drug-likeness (QED) is 0.899. The summed E-state index contributed by atoms with van der Waals surface area (Å²) in [5, 5.41) is 3.08. The van der Waals surface area contributed by atoms with E-state index in [2.05, 4.69) is 5.32 Å². The van der Waals surface area contributed by atoms with Gasteiger partial charge in [0.05, 0.1) is 12.1 Å². The number of ether oxygens (including phenoxy) is 2. The lowest BCUT2D eigenvalue weighted by Gasteiger charge is -2.32. The van der Waals surface area contributed by atoms with E-state index in [0.29, 0.717) is 0 Å². The van der Waals surface area contributed by atoms with Crippen LogP contribution in [0.2, 0.25) is 0 Å². The molecular weight excluding hydrogens is 254 g/mol. The number of hydrogen-bond donors (Lipinski definition) is 1. The van der Waals surface area contributed by atoms with Crippen molar-refractivity contribution in [1.29, 1.82) is 0 Å². The zero-order chi connectivity index (χ0) is 14.4. The molecule has 0 aliphatic heterocycles. The number of rotatable bonds is 5. The second kappa shape index (κ2) is 7.41. The van der Waals surface area contributed by atoms with Gasteiger partial charge in [-0.15, -0.1) is 0 Å². The Hall–Kier alpha value is -1.39. The van der Waals surface area contributed by atoms with Crippen LogP contribution < -0.4 is 5.32 Å². The van der Waals surface area contributed by atoms with Crippen molar-refractivity contribution >= 4 is 5.91 Å². The van der Waals surface area contributed by atoms with Crippen molar-refractivity contribution in [2.24, 2.45) is 0 Å². The highest BCUT2D eigenvalue weighted by Gasteiger charge is 2.29. The Kier molecular flexibility index (Phi) is 5.56. The molecule has 1 aromatic carbocycles. The van der Waals surface area contributed by atoms with Crippen LogP contribution in [0.5, 0.6) is 0 Å². The third-order valence-electron chi connectivity index (χ3n) is 3.91. The lowest BCUT2D eigenvalue weighted by Crippen LogP contribution is -2.47. The number of amides is 1. The van der Waals surface area contributed by atoms with Crippen molar-refractivity contribution in [3.63, 3.8) is 0 Å². The summed E-state index contributed by atoms with van der Waals surface area (Å²) in [6, 6.07) is 9.64. The van der Waals surface area contributed by atoms with Crippen LogP contribution in [0.3, 0.4) is 0 Å². The van der Waals surface area contributed by atoms with E-state index in [1.54, 1.807) is 14.2 Å². The molecule has 0 saturated heterocycles. The molecule has 110 valence electrons. The summed E-state index contributed by atoms with van der Waals surface area (Å²) in [5.74, 6) is -0.0901. The fraction of sp³-hybridized carbons (Fsp3) is 0.562. The maximum Gasteiger partial charge on any atom is 0.254 e. The Morgan fingerprint density at radius 3 is 2.55 bits per heavy atom. The van der Waals surface area contributed by atoms with E-state index in [1.165, 1.54) is 0 Å². The predicted octanol–water partition coefficient (Wildman–Crippen LogP) is 2.45. The Bertz CT molecular complexity index is 421. The van der Waals surface area contributed by atoms with Crippen LogP contribution >= 0.6 is 0 Å². The zero-order valence-electron chi connectivity index (χ0n) is 12.2. The molecule has 0 bridgehead atoms. The molecule has 0 aromatic heterocycles. The van der Waals surface area contributed by atoms with Crippen LogP contribution in [0.15, 0.2) is 30.3 Å². The molecule has 20 heavy (non-hydrogen) atoms. The first kappa shape index (κ1) is 15.0. The van der Waals surface area contributed by atoms with Crippen molar-refractivity contribution in [2.75, 3.05) is 14.2 Å². The average Bonchev–Trinajstić information content (AvgIpc) is 2.49. The largest absolute Gasteiger partial charge is 0.379 e. The van der Waals surface area contributed by atoms with Gasteiger partial charge >= 0.3 is 0 Å². The normalized spacial score (nSPS) is 24.1. The van der Waals surface area contributed by atoms with Gasteiger partial charge in [0.25, 0.3) is 5.91 Å². The topological polar surface area (TPSA) is 47.6 Å². The highest BCUT2D eigenvalue weighted by Crippen LogP contribution is 2.23. The standard InChI is InChI=1S/C16H23NO3/c1-19-14-11-7-6-10-13(14)17-16(18)15(20-2)12-8-4-3-5-9-12/h3-5,8-9,13-15H,6-7,10-11H2,1-2H3,(H,17,18)/t13-,14+,15-/m0/s1. The molecule has 4 heteroatoms. The van der Waals surface area contributed by atoms with E-state index in [1.807, 2.05) is 30.3 Å². The van der Waals surface area contributed by atoms with Crippen molar-refractivity contribution in [3.05, 3.63) is 35.9 Å². The van der Waals surface area contributed by atoms with Crippen molar-refractivity contribution in [1.82, 2.24) is 5.32 Å². The average molecular weight is 277 g/mol. The highest BCUT2D eigenvalue weighted by atomic mass is 16.5. The molecule has 1 fully saturated rings. The Morgan fingerprint density at radius 2 is 1.90 bits per heavy atom.